The van der Waals surface area contributed by atoms with Gasteiger partial charge >= 0.3 is 0 Å². The molecule has 1 heterocycles. The minimum atomic E-state index is 0.0995. The van der Waals surface area contributed by atoms with Crippen LogP contribution in [0.5, 0.6) is 5.75 Å². The number of hydrogen-bond acceptors (Lipinski definition) is 3. The van der Waals surface area contributed by atoms with E-state index in [2.05, 4.69) is 15.9 Å². The highest BCUT2D eigenvalue weighted by atomic mass is 79.9. The van der Waals surface area contributed by atoms with Crippen LogP contribution in [0.3, 0.4) is 0 Å². The lowest BCUT2D eigenvalue weighted by molar-refractivity contribution is 0.404. The van der Waals surface area contributed by atoms with Crippen LogP contribution in [-0.2, 0) is 5.75 Å². The number of fused-ring (bicyclic) bond motifs is 1. The van der Waals surface area contributed by atoms with Crippen LogP contribution in [0.4, 0.5) is 0 Å². The summed E-state index contributed by atoms with van der Waals surface area (Å²) in [5.74, 6) is 3.05. The molecule has 2 rings (SSSR count). The molecule has 1 aromatic carbocycles. The Bertz CT molecular complexity index is 370. The van der Waals surface area contributed by atoms with Gasteiger partial charge in [-0.2, -0.15) is 11.8 Å². The Hall–Kier alpha value is -0.190. The van der Waals surface area contributed by atoms with Crippen LogP contribution in [0, 0.1) is 0 Å². The van der Waals surface area contributed by atoms with E-state index in [0.717, 1.165) is 28.1 Å². The number of rotatable bonds is 1. The first-order chi connectivity index (χ1) is 7.24. The first kappa shape index (κ1) is 11.3. The minimum Gasteiger partial charge on any atom is -0.496 e. The van der Waals surface area contributed by atoms with E-state index in [1.165, 1.54) is 11.1 Å². The topological polar surface area (TPSA) is 35.2 Å². The standard InChI is InChI=1S/C11H14BrNOS/c1-14-10-3-2-8(12)7-6-15-5-4-9(13)11(7)10/h2-3,9H,4-6,13H2,1H3/t9-/m0/s1. The molecule has 0 bridgehead atoms. The van der Waals surface area contributed by atoms with Crippen molar-refractivity contribution in [1.82, 2.24) is 0 Å². The first-order valence-electron chi connectivity index (χ1n) is 4.92. The summed E-state index contributed by atoms with van der Waals surface area (Å²) in [4.78, 5) is 0. The first-order valence-corrected chi connectivity index (χ1v) is 6.87. The van der Waals surface area contributed by atoms with E-state index < -0.39 is 0 Å². The van der Waals surface area contributed by atoms with Crippen LogP contribution in [0.15, 0.2) is 16.6 Å². The molecule has 0 radical (unpaired) electrons. The van der Waals surface area contributed by atoms with Gasteiger partial charge in [-0.15, -0.1) is 0 Å². The molecule has 0 amide bonds. The number of methoxy groups -OCH3 is 1. The predicted octanol–water partition coefficient (Wildman–Crippen LogP) is 3.09. The van der Waals surface area contributed by atoms with Crippen molar-refractivity contribution in [2.75, 3.05) is 12.9 Å². The van der Waals surface area contributed by atoms with E-state index in [0.29, 0.717) is 0 Å². The molecule has 0 spiro atoms. The monoisotopic (exact) mass is 287 g/mol. The second-order valence-electron chi connectivity index (χ2n) is 3.59. The fourth-order valence-corrected chi connectivity index (χ4v) is 3.63. The van der Waals surface area contributed by atoms with Gasteiger partial charge in [-0.05, 0) is 29.9 Å². The summed E-state index contributed by atoms with van der Waals surface area (Å²) >= 11 is 5.51. The molecule has 1 aliphatic heterocycles. The maximum absolute atomic E-state index is 6.18. The zero-order valence-corrected chi connectivity index (χ0v) is 11.0. The Morgan fingerprint density at radius 1 is 1.53 bits per heavy atom. The maximum atomic E-state index is 6.18. The zero-order valence-electron chi connectivity index (χ0n) is 8.63. The second-order valence-corrected chi connectivity index (χ2v) is 5.55. The fourth-order valence-electron chi connectivity index (χ4n) is 1.88. The third-order valence-electron chi connectivity index (χ3n) is 2.67. The molecule has 1 atom stereocenters. The molecule has 2 nitrogen and oxygen atoms in total. The summed E-state index contributed by atoms with van der Waals surface area (Å²) in [5.41, 5.74) is 8.65. The van der Waals surface area contributed by atoms with Crippen molar-refractivity contribution < 1.29 is 4.74 Å². The molecule has 0 aromatic heterocycles. The predicted molar refractivity (Wildman–Crippen MR) is 68.4 cm³/mol. The van der Waals surface area contributed by atoms with Gasteiger partial charge in [-0.25, -0.2) is 0 Å². The molecular weight excluding hydrogens is 274 g/mol. The minimum absolute atomic E-state index is 0.0995. The van der Waals surface area contributed by atoms with Crippen molar-refractivity contribution in [1.29, 1.82) is 0 Å². The quantitative estimate of drug-likeness (QED) is 0.862. The normalized spacial score (nSPS) is 20.6. The van der Waals surface area contributed by atoms with Gasteiger partial charge in [0.1, 0.15) is 5.75 Å². The summed E-state index contributed by atoms with van der Waals surface area (Å²) in [5, 5.41) is 0. The number of ether oxygens (including phenoxy) is 1. The number of hydrogen-bond donors (Lipinski definition) is 1. The van der Waals surface area contributed by atoms with Crippen molar-refractivity contribution in [2.45, 2.75) is 18.2 Å². The highest BCUT2D eigenvalue weighted by Crippen LogP contribution is 2.39. The average molecular weight is 288 g/mol. The van der Waals surface area contributed by atoms with Crippen molar-refractivity contribution in [3.63, 3.8) is 0 Å². The number of thioether (sulfide) groups is 1. The van der Waals surface area contributed by atoms with E-state index in [9.17, 15) is 0 Å². The van der Waals surface area contributed by atoms with E-state index in [-0.39, 0.29) is 6.04 Å². The molecule has 1 aromatic rings. The van der Waals surface area contributed by atoms with Gasteiger partial charge in [0.25, 0.3) is 0 Å². The van der Waals surface area contributed by atoms with Crippen LogP contribution in [-0.4, -0.2) is 12.9 Å². The largest absolute Gasteiger partial charge is 0.496 e. The van der Waals surface area contributed by atoms with Crippen LogP contribution in [0.25, 0.3) is 0 Å². The van der Waals surface area contributed by atoms with Gasteiger partial charge in [0.2, 0.25) is 0 Å². The van der Waals surface area contributed by atoms with E-state index in [1.807, 2.05) is 23.9 Å². The summed E-state index contributed by atoms with van der Waals surface area (Å²) in [6.45, 7) is 0. The summed E-state index contributed by atoms with van der Waals surface area (Å²) in [7, 11) is 1.70. The Morgan fingerprint density at radius 2 is 2.33 bits per heavy atom. The van der Waals surface area contributed by atoms with E-state index >= 15 is 0 Å². The Morgan fingerprint density at radius 3 is 3.07 bits per heavy atom. The molecule has 0 aliphatic carbocycles. The van der Waals surface area contributed by atoms with Crippen LogP contribution < -0.4 is 10.5 Å². The molecule has 1 aliphatic rings. The zero-order chi connectivity index (χ0) is 10.8. The van der Waals surface area contributed by atoms with Crippen molar-refractivity contribution in [3.05, 3.63) is 27.7 Å². The summed E-state index contributed by atoms with van der Waals surface area (Å²) in [6.07, 6.45) is 1.02. The van der Waals surface area contributed by atoms with Gasteiger partial charge in [0.15, 0.2) is 0 Å². The maximum Gasteiger partial charge on any atom is 0.124 e. The molecule has 0 saturated heterocycles. The smallest absolute Gasteiger partial charge is 0.124 e. The Kier molecular flexibility index (Phi) is 3.59. The molecule has 0 unspecified atom stereocenters. The molecule has 4 heteroatoms. The SMILES string of the molecule is COc1ccc(Br)c2c1[C@@H](N)CCSC2. The van der Waals surface area contributed by atoms with E-state index in [4.69, 9.17) is 10.5 Å². The molecule has 82 valence electrons. The average Bonchev–Trinajstić information content (AvgIpc) is 2.43. The Labute approximate surface area is 103 Å². The highest BCUT2D eigenvalue weighted by molar-refractivity contribution is 9.10. The molecule has 0 saturated carbocycles. The summed E-state index contributed by atoms with van der Waals surface area (Å²) < 4.78 is 6.53. The molecular formula is C11H14BrNOS. The number of halogens is 1. The van der Waals surface area contributed by atoms with Crippen molar-refractivity contribution in [2.24, 2.45) is 5.73 Å². The Balaban J connectivity index is 2.56. The van der Waals surface area contributed by atoms with E-state index in [1.54, 1.807) is 7.11 Å². The van der Waals surface area contributed by atoms with Gasteiger partial charge in [-0.3, -0.25) is 0 Å². The van der Waals surface area contributed by atoms with Crippen molar-refractivity contribution in [3.8, 4) is 5.75 Å². The van der Waals surface area contributed by atoms with Crippen LogP contribution >= 0.6 is 27.7 Å². The van der Waals surface area contributed by atoms with Gasteiger partial charge in [0, 0.05) is 21.8 Å². The van der Waals surface area contributed by atoms with Crippen LogP contribution in [0.2, 0.25) is 0 Å². The molecule has 2 N–H and O–H groups in total. The second kappa shape index (κ2) is 4.76. The lowest BCUT2D eigenvalue weighted by Crippen LogP contribution is -2.13. The fraction of sp³-hybridized carbons (Fsp3) is 0.455. The lowest BCUT2D eigenvalue weighted by atomic mass is 9.99. The van der Waals surface area contributed by atoms with Gasteiger partial charge in [0.05, 0.1) is 7.11 Å². The van der Waals surface area contributed by atoms with Gasteiger partial charge in [-0.1, -0.05) is 15.9 Å². The third-order valence-corrected chi connectivity index (χ3v) is 4.43. The number of nitrogens with two attached hydrogens (primary N) is 1. The lowest BCUT2D eigenvalue weighted by Gasteiger charge is -2.17. The highest BCUT2D eigenvalue weighted by Gasteiger charge is 2.21. The summed E-state index contributed by atoms with van der Waals surface area (Å²) in [6, 6.07) is 4.12. The molecule has 15 heavy (non-hydrogen) atoms. The number of benzene rings is 1. The molecule has 0 fully saturated rings. The third kappa shape index (κ3) is 2.17. The van der Waals surface area contributed by atoms with Crippen molar-refractivity contribution >= 4 is 27.7 Å². The van der Waals surface area contributed by atoms with Crippen LogP contribution in [0.1, 0.15) is 23.6 Å². The van der Waals surface area contributed by atoms with Gasteiger partial charge < -0.3 is 10.5 Å².